The molecular weight excluding hydrogens is 466 g/mol. The Hall–Kier alpha value is -5.05. The summed E-state index contributed by atoms with van der Waals surface area (Å²) >= 11 is 0. The van der Waals surface area contributed by atoms with Gasteiger partial charge in [-0.15, -0.1) is 0 Å². The Bertz CT molecular complexity index is 1410. The third kappa shape index (κ3) is 4.49. The van der Waals surface area contributed by atoms with E-state index in [0.29, 0.717) is 43.3 Å². The largest absolute Gasteiger partial charge is 0.504 e. The van der Waals surface area contributed by atoms with Crippen LogP contribution in [0.15, 0.2) is 63.8 Å². The van der Waals surface area contributed by atoms with Crippen LogP contribution >= 0.6 is 0 Å². The predicted octanol–water partition coefficient (Wildman–Crippen LogP) is 2.38. The molecular formula is C24H21N7O5. The highest BCUT2D eigenvalue weighted by molar-refractivity contribution is 5.96. The number of hydrazine groups is 1. The van der Waals surface area contributed by atoms with Crippen LogP contribution in [0.2, 0.25) is 0 Å². The van der Waals surface area contributed by atoms with E-state index in [9.17, 15) is 20.0 Å². The lowest BCUT2D eigenvalue weighted by Gasteiger charge is -2.30. The molecule has 2 amide bonds. The molecule has 36 heavy (non-hydrogen) atoms. The number of benzene rings is 1. The molecule has 0 unspecified atom stereocenters. The number of amides is 2. The number of para-hydroxylation sites is 1. The van der Waals surface area contributed by atoms with Gasteiger partial charge in [0.1, 0.15) is 6.07 Å². The number of hydrogen-bond donors (Lipinski definition) is 3. The lowest BCUT2D eigenvalue weighted by atomic mass is 9.96. The number of furan rings is 1. The number of nitriles is 1. The van der Waals surface area contributed by atoms with Gasteiger partial charge in [0.2, 0.25) is 17.5 Å². The van der Waals surface area contributed by atoms with Crippen LogP contribution in [0.5, 0.6) is 5.75 Å². The molecule has 1 aliphatic rings. The van der Waals surface area contributed by atoms with Crippen LogP contribution in [0.3, 0.4) is 0 Å². The first-order valence-electron chi connectivity index (χ1n) is 11.2. The molecule has 1 saturated heterocycles. The zero-order valence-electron chi connectivity index (χ0n) is 18.9. The summed E-state index contributed by atoms with van der Waals surface area (Å²) in [5, 5.41) is 23.7. The molecule has 182 valence electrons. The van der Waals surface area contributed by atoms with E-state index in [1.54, 1.807) is 36.4 Å². The smallest absolute Gasteiger partial charge is 0.294 e. The first kappa shape index (κ1) is 22.7. The van der Waals surface area contributed by atoms with Crippen LogP contribution in [0.4, 0.5) is 5.88 Å². The molecule has 3 N–H and O–H groups in total. The number of aromatic hydroxyl groups is 1. The Morgan fingerprint density at radius 1 is 1.11 bits per heavy atom. The van der Waals surface area contributed by atoms with Crippen molar-refractivity contribution in [3.05, 3.63) is 66.3 Å². The summed E-state index contributed by atoms with van der Waals surface area (Å²) in [5.74, 6) is -0.809. The monoisotopic (exact) mass is 487 g/mol. The Balaban J connectivity index is 1.16. The van der Waals surface area contributed by atoms with Crippen molar-refractivity contribution in [1.82, 2.24) is 25.6 Å². The van der Waals surface area contributed by atoms with Crippen LogP contribution in [0.1, 0.15) is 29.0 Å². The van der Waals surface area contributed by atoms with E-state index in [0.717, 1.165) is 0 Å². The standard InChI is InChI=1S/C24H21N7O5/c25-13-17-24(36-23(26-17)19-7-4-12-35-19)30-10-8-15(9-11-30)21(33)27-28-22(34)20-18(32)14-31(29-20)16-5-2-1-3-6-16/h1-7,12,14-15,32H,8-11H2,(H,27,33)(H,28,34). The number of carbonyl (C=O) groups excluding carboxylic acids is 2. The summed E-state index contributed by atoms with van der Waals surface area (Å²) in [5.41, 5.74) is 5.32. The van der Waals surface area contributed by atoms with Crippen molar-refractivity contribution >= 4 is 17.7 Å². The lowest BCUT2D eigenvalue weighted by Crippen LogP contribution is -2.47. The maximum atomic E-state index is 12.6. The minimum absolute atomic E-state index is 0.145. The van der Waals surface area contributed by atoms with Gasteiger partial charge in [-0.05, 0) is 37.1 Å². The fourth-order valence-electron chi connectivity index (χ4n) is 3.97. The molecule has 1 fully saturated rings. The molecule has 0 atom stereocenters. The van der Waals surface area contributed by atoms with Gasteiger partial charge in [0.25, 0.3) is 11.8 Å². The summed E-state index contributed by atoms with van der Waals surface area (Å²) in [6, 6.07) is 14.4. The topological polar surface area (TPSA) is 162 Å². The predicted molar refractivity (Wildman–Crippen MR) is 125 cm³/mol. The van der Waals surface area contributed by atoms with Gasteiger partial charge in [0.05, 0.1) is 18.1 Å². The zero-order chi connectivity index (χ0) is 25.1. The van der Waals surface area contributed by atoms with Crippen molar-refractivity contribution in [3.63, 3.8) is 0 Å². The molecule has 12 heteroatoms. The van der Waals surface area contributed by atoms with Gasteiger partial charge in [-0.25, -0.2) is 4.68 Å². The summed E-state index contributed by atoms with van der Waals surface area (Å²) in [6.07, 6.45) is 3.75. The SMILES string of the molecule is N#Cc1nc(-c2ccco2)oc1N1CCC(C(=O)NNC(=O)c2nn(-c3ccccc3)cc2O)CC1. The third-order valence-corrected chi connectivity index (χ3v) is 5.83. The second-order valence-electron chi connectivity index (χ2n) is 8.11. The lowest BCUT2D eigenvalue weighted by molar-refractivity contribution is -0.126. The average molecular weight is 487 g/mol. The second kappa shape index (κ2) is 9.67. The molecule has 1 aliphatic heterocycles. The van der Waals surface area contributed by atoms with E-state index in [-0.39, 0.29) is 34.9 Å². The van der Waals surface area contributed by atoms with Crippen molar-refractivity contribution in [2.45, 2.75) is 12.8 Å². The van der Waals surface area contributed by atoms with Crippen LogP contribution in [0.25, 0.3) is 17.3 Å². The van der Waals surface area contributed by atoms with Crippen molar-refractivity contribution in [1.29, 1.82) is 5.26 Å². The Labute approximate surface area is 204 Å². The average Bonchev–Trinajstić information content (AvgIpc) is 3.67. The number of oxazole rings is 1. The molecule has 0 bridgehead atoms. The second-order valence-corrected chi connectivity index (χ2v) is 8.11. The third-order valence-electron chi connectivity index (χ3n) is 5.83. The number of piperidine rings is 1. The summed E-state index contributed by atoms with van der Waals surface area (Å²) < 4.78 is 12.4. The Morgan fingerprint density at radius 2 is 1.89 bits per heavy atom. The first-order chi connectivity index (χ1) is 17.5. The van der Waals surface area contributed by atoms with E-state index < -0.39 is 5.91 Å². The molecule has 0 spiro atoms. The molecule has 1 aromatic carbocycles. The molecule has 0 saturated carbocycles. The Morgan fingerprint density at radius 3 is 2.58 bits per heavy atom. The molecule has 12 nitrogen and oxygen atoms in total. The summed E-state index contributed by atoms with van der Waals surface area (Å²) in [6.45, 7) is 0.908. The van der Waals surface area contributed by atoms with E-state index in [1.807, 2.05) is 17.0 Å². The minimum atomic E-state index is -0.737. The maximum absolute atomic E-state index is 12.6. The number of carbonyl (C=O) groups is 2. The van der Waals surface area contributed by atoms with Gasteiger partial charge >= 0.3 is 0 Å². The first-order valence-corrected chi connectivity index (χ1v) is 11.2. The molecule has 3 aromatic heterocycles. The van der Waals surface area contributed by atoms with Crippen LogP contribution in [-0.4, -0.2) is 44.8 Å². The Kier molecular flexibility index (Phi) is 6.10. The number of hydrogen-bond acceptors (Lipinski definition) is 9. The van der Waals surface area contributed by atoms with Gasteiger partial charge in [-0.2, -0.15) is 15.3 Å². The molecule has 0 aliphatic carbocycles. The summed E-state index contributed by atoms with van der Waals surface area (Å²) in [4.78, 5) is 31.2. The van der Waals surface area contributed by atoms with Crippen molar-refractivity contribution in [2.75, 3.05) is 18.0 Å². The zero-order valence-corrected chi connectivity index (χ0v) is 18.9. The van der Waals surface area contributed by atoms with Crippen LogP contribution < -0.4 is 15.8 Å². The molecule has 5 rings (SSSR count). The fraction of sp³-hybridized carbons (Fsp3) is 0.208. The van der Waals surface area contributed by atoms with E-state index in [1.165, 1.54) is 17.1 Å². The van der Waals surface area contributed by atoms with Gasteiger partial charge < -0.3 is 18.8 Å². The van der Waals surface area contributed by atoms with Crippen molar-refractivity contribution < 1.29 is 23.5 Å². The van der Waals surface area contributed by atoms with E-state index in [2.05, 4.69) is 20.9 Å². The van der Waals surface area contributed by atoms with Gasteiger partial charge in [0.15, 0.2) is 17.2 Å². The quantitative estimate of drug-likeness (QED) is 0.359. The number of aromatic nitrogens is 3. The number of nitrogens with zero attached hydrogens (tertiary/aromatic N) is 5. The highest BCUT2D eigenvalue weighted by Crippen LogP contribution is 2.31. The van der Waals surface area contributed by atoms with E-state index >= 15 is 0 Å². The number of anilines is 1. The van der Waals surface area contributed by atoms with Gasteiger partial charge in [0, 0.05) is 19.0 Å². The molecule has 4 aromatic rings. The van der Waals surface area contributed by atoms with Crippen LogP contribution in [-0.2, 0) is 4.79 Å². The van der Waals surface area contributed by atoms with Gasteiger partial charge in [-0.3, -0.25) is 20.4 Å². The highest BCUT2D eigenvalue weighted by Gasteiger charge is 2.30. The fourth-order valence-corrected chi connectivity index (χ4v) is 3.97. The van der Waals surface area contributed by atoms with E-state index in [4.69, 9.17) is 8.83 Å². The van der Waals surface area contributed by atoms with Crippen molar-refractivity contribution in [2.24, 2.45) is 5.92 Å². The van der Waals surface area contributed by atoms with Crippen molar-refractivity contribution in [3.8, 4) is 29.2 Å². The highest BCUT2D eigenvalue weighted by atomic mass is 16.4. The number of rotatable bonds is 5. The maximum Gasteiger partial charge on any atom is 0.294 e. The van der Waals surface area contributed by atoms with Crippen LogP contribution in [0, 0.1) is 17.2 Å². The number of nitrogens with one attached hydrogen (secondary N) is 2. The summed E-state index contributed by atoms with van der Waals surface area (Å²) in [7, 11) is 0. The normalized spacial score (nSPS) is 13.8. The molecule has 4 heterocycles. The molecule has 0 radical (unpaired) electrons. The minimum Gasteiger partial charge on any atom is -0.504 e. The van der Waals surface area contributed by atoms with Gasteiger partial charge in [-0.1, -0.05) is 18.2 Å².